The van der Waals surface area contributed by atoms with Crippen LogP contribution in [0.25, 0.3) is 0 Å². The molecule has 0 radical (unpaired) electrons. The Bertz CT molecular complexity index is 685. The fraction of sp³-hybridized carbons (Fsp3) is 0.500. The fourth-order valence-corrected chi connectivity index (χ4v) is 3.44. The van der Waals surface area contributed by atoms with Crippen LogP contribution in [0.5, 0.6) is 11.5 Å². The van der Waals surface area contributed by atoms with Crippen LogP contribution in [0.2, 0.25) is 0 Å². The van der Waals surface area contributed by atoms with Crippen molar-refractivity contribution < 1.29 is 14.3 Å². The number of piperidine rings is 1. The SMILES string of the molecule is COc1ccc(OCC2CCN([C@H](C)C(=O)Nc3nncs3)CC2)cc1. The Morgan fingerprint density at radius 3 is 2.62 bits per heavy atom. The number of nitrogens with zero attached hydrogens (tertiary/aromatic N) is 3. The molecule has 1 aromatic carbocycles. The van der Waals surface area contributed by atoms with Gasteiger partial charge in [-0.1, -0.05) is 11.3 Å². The maximum absolute atomic E-state index is 12.3. The molecule has 1 aromatic heterocycles. The van der Waals surface area contributed by atoms with Gasteiger partial charge in [0, 0.05) is 0 Å². The van der Waals surface area contributed by atoms with Crippen molar-refractivity contribution in [3.63, 3.8) is 0 Å². The zero-order chi connectivity index (χ0) is 18.4. The number of benzene rings is 1. The van der Waals surface area contributed by atoms with Gasteiger partial charge in [-0.3, -0.25) is 15.0 Å². The van der Waals surface area contributed by atoms with Crippen molar-refractivity contribution in [3.05, 3.63) is 29.8 Å². The second-order valence-electron chi connectivity index (χ2n) is 6.37. The number of likely N-dealkylation sites (tertiary alicyclic amines) is 1. The molecule has 1 aliphatic rings. The molecule has 0 bridgehead atoms. The van der Waals surface area contributed by atoms with Gasteiger partial charge in [-0.15, -0.1) is 10.2 Å². The van der Waals surface area contributed by atoms with Gasteiger partial charge >= 0.3 is 0 Å². The van der Waals surface area contributed by atoms with Gasteiger partial charge in [-0.25, -0.2) is 0 Å². The quantitative estimate of drug-likeness (QED) is 0.801. The van der Waals surface area contributed by atoms with Gasteiger partial charge in [0.15, 0.2) is 0 Å². The van der Waals surface area contributed by atoms with Gasteiger partial charge in [-0.2, -0.15) is 0 Å². The highest BCUT2D eigenvalue weighted by Gasteiger charge is 2.27. The summed E-state index contributed by atoms with van der Waals surface area (Å²) in [5.74, 6) is 2.16. The molecule has 0 unspecified atom stereocenters. The minimum Gasteiger partial charge on any atom is -0.497 e. The van der Waals surface area contributed by atoms with E-state index in [2.05, 4.69) is 20.4 Å². The summed E-state index contributed by atoms with van der Waals surface area (Å²) in [6, 6.07) is 7.47. The highest BCUT2D eigenvalue weighted by atomic mass is 32.1. The molecule has 2 heterocycles. The van der Waals surface area contributed by atoms with E-state index in [1.807, 2.05) is 31.2 Å². The van der Waals surface area contributed by atoms with E-state index >= 15 is 0 Å². The smallest absolute Gasteiger partial charge is 0.243 e. The van der Waals surface area contributed by atoms with Crippen LogP contribution >= 0.6 is 11.3 Å². The summed E-state index contributed by atoms with van der Waals surface area (Å²) in [6.07, 6.45) is 2.04. The number of carbonyl (C=O) groups is 1. The van der Waals surface area contributed by atoms with Gasteiger partial charge in [-0.05, 0) is 63.0 Å². The molecule has 1 N–H and O–H groups in total. The largest absolute Gasteiger partial charge is 0.497 e. The first-order valence-corrected chi connectivity index (χ1v) is 9.61. The first-order valence-electron chi connectivity index (χ1n) is 8.73. The molecule has 0 saturated carbocycles. The minimum atomic E-state index is -0.178. The highest BCUT2D eigenvalue weighted by molar-refractivity contribution is 7.13. The van der Waals surface area contributed by atoms with Gasteiger partial charge in [0.1, 0.15) is 17.0 Å². The highest BCUT2D eigenvalue weighted by Crippen LogP contribution is 2.22. The molecule has 1 amide bonds. The summed E-state index contributed by atoms with van der Waals surface area (Å²) in [5.41, 5.74) is 1.61. The summed E-state index contributed by atoms with van der Waals surface area (Å²) in [4.78, 5) is 14.5. The number of anilines is 1. The van der Waals surface area contributed by atoms with Crippen LogP contribution in [0.15, 0.2) is 29.8 Å². The van der Waals surface area contributed by atoms with Crippen LogP contribution in [-0.2, 0) is 4.79 Å². The molecule has 26 heavy (non-hydrogen) atoms. The molecule has 1 saturated heterocycles. The zero-order valence-corrected chi connectivity index (χ0v) is 15.9. The van der Waals surface area contributed by atoms with Gasteiger partial charge < -0.3 is 9.47 Å². The van der Waals surface area contributed by atoms with E-state index in [1.165, 1.54) is 11.3 Å². The number of nitrogens with one attached hydrogen (secondary N) is 1. The lowest BCUT2D eigenvalue weighted by molar-refractivity contribution is -0.121. The number of ether oxygens (including phenoxy) is 2. The molecule has 0 aliphatic carbocycles. The van der Waals surface area contributed by atoms with E-state index in [1.54, 1.807) is 12.6 Å². The molecular weight excluding hydrogens is 352 g/mol. The lowest BCUT2D eigenvalue weighted by atomic mass is 9.96. The maximum Gasteiger partial charge on any atom is 0.243 e. The third-order valence-corrected chi connectivity index (χ3v) is 5.32. The van der Waals surface area contributed by atoms with Crippen molar-refractivity contribution in [2.24, 2.45) is 5.92 Å². The predicted molar refractivity (Wildman–Crippen MR) is 101 cm³/mol. The number of rotatable bonds is 7. The molecule has 8 heteroatoms. The average Bonchev–Trinajstić information content (AvgIpc) is 3.19. The Balaban J connectivity index is 1.41. The molecule has 0 spiro atoms. The molecule has 7 nitrogen and oxygen atoms in total. The first kappa shape index (κ1) is 18.6. The molecule has 2 aromatic rings. The van der Waals surface area contributed by atoms with Crippen LogP contribution in [0, 0.1) is 5.92 Å². The lowest BCUT2D eigenvalue weighted by Gasteiger charge is -2.35. The van der Waals surface area contributed by atoms with Crippen molar-refractivity contribution in [1.29, 1.82) is 0 Å². The standard InChI is InChI=1S/C18H24N4O3S/c1-13(17(23)20-18-21-19-12-26-18)22-9-7-14(8-10-22)11-25-16-5-3-15(24-2)4-6-16/h3-6,12-14H,7-11H2,1-2H3,(H,20,21,23)/t13-/m1/s1. The second kappa shape index (κ2) is 8.95. The zero-order valence-electron chi connectivity index (χ0n) is 15.1. The number of hydrogen-bond donors (Lipinski definition) is 1. The Morgan fingerprint density at radius 1 is 1.31 bits per heavy atom. The van der Waals surface area contributed by atoms with Crippen molar-refractivity contribution >= 4 is 22.4 Å². The number of hydrogen-bond acceptors (Lipinski definition) is 7. The molecular formula is C18H24N4O3S. The molecule has 1 aliphatic heterocycles. The Morgan fingerprint density at radius 2 is 2.00 bits per heavy atom. The minimum absolute atomic E-state index is 0.0327. The second-order valence-corrected chi connectivity index (χ2v) is 7.21. The van der Waals surface area contributed by atoms with E-state index in [4.69, 9.17) is 9.47 Å². The molecule has 1 fully saturated rings. The molecule has 3 rings (SSSR count). The van der Waals surface area contributed by atoms with E-state index in [0.717, 1.165) is 37.4 Å². The third kappa shape index (κ3) is 4.92. The van der Waals surface area contributed by atoms with Crippen molar-refractivity contribution in [1.82, 2.24) is 15.1 Å². The number of methoxy groups -OCH3 is 1. The summed E-state index contributed by atoms with van der Waals surface area (Å²) in [7, 11) is 1.65. The van der Waals surface area contributed by atoms with Crippen LogP contribution in [0.3, 0.4) is 0 Å². The summed E-state index contributed by atoms with van der Waals surface area (Å²) in [5, 5.41) is 10.9. The number of amides is 1. The van der Waals surface area contributed by atoms with Crippen LogP contribution in [-0.4, -0.2) is 53.9 Å². The van der Waals surface area contributed by atoms with Crippen molar-refractivity contribution in [2.45, 2.75) is 25.8 Å². The van der Waals surface area contributed by atoms with Crippen LogP contribution in [0.4, 0.5) is 5.13 Å². The van der Waals surface area contributed by atoms with E-state index in [-0.39, 0.29) is 11.9 Å². The van der Waals surface area contributed by atoms with Crippen LogP contribution in [0.1, 0.15) is 19.8 Å². The van der Waals surface area contributed by atoms with Gasteiger partial charge in [0.2, 0.25) is 11.0 Å². The van der Waals surface area contributed by atoms with Gasteiger partial charge in [0.25, 0.3) is 0 Å². The lowest BCUT2D eigenvalue weighted by Crippen LogP contribution is -2.46. The van der Waals surface area contributed by atoms with Crippen molar-refractivity contribution in [3.8, 4) is 11.5 Å². The topological polar surface area (TPSA) is 76.6 Å². The number of carbonyl (C=O) groups excluding carboxylic acids is 1. The third-order valence-electron chi connectivity index (χ3n) is 4.71. The summed E-state index contributed by atoms with van der Waals surface area (Å²) < 4.78 is 11.0. The predicted octanol–water partition coefficient (Wildman–Crippen LogP) is 2.66. The first-order chi connectivity index (χ1) is 12.7. The van der Waals surface area contributed by atoms with E-state index in [9.17, 15) is 4.79 Å². The Labute approximate surface area is 157 Å². The average molecular weight is 376 g/mol. The normalized spacial score (nSPS) is 16.8. The monoisotopic (exact) mass is 376 g/mol. The van der Waals surface area contributed by atoms with E-state index in [0.29, 0.717) is 17.7 Å². The Hall–Kier alpha value is -2.19. The van der Waals surface area contributed by atoms with Crippen LogP contribution < -0.4 is 14.8 Å². The van der Waals surface area contributed by atoms with Gasteiger partial charge in [0.05, 0.1) is 19.8 Å². The number of aromatic nitrogens is 2. The molecule has 1 atom stereocenters. The summed E-state index contributed by atoms with van der Waals surface area (Å²) in [6.45, 7) is 4.42. The van der Waals surface area contributed by atoms with E-state index < -0.39 is 0 Å². The summed E-state index contributed by atoms with van der Waals surface area (Å²) >= 11 is 1.33. The Kier molecular flexibility index (Phi) is 6.40. The fourth-order valence-electron chi connectivity index (χ4n) is 3.00. The van der Waals surface area contributed by atoms with Crippen molar-refractivity contribution in [2.75, 3.05) is 32.1 Å². The maximum atomic E-state index is 12.3. The molecule has 140 valence electrons.